The molecule has 1 amide bonds. The van der Waals surface area contributed by atoms with Gasteiger partial charge in [-0.15, -0.1) is 0 Å². The molecule has 4 heteroatoms. The maximum atomic E-state index is 13.1. The molecule has 3 aromatic rings. The molecule has 2 aromatic carbocycles. The number of rotatable bonds is 6. The second kappa shape index (κ2) is 7.47. The van der Waals surface area contributed by atoms with Gasteiger partial charge in [-0.3, -0.25) is 4.79 Å². The zero-order valence-corrected chi connectivity index (χ0v) is 16.9. The third-order valence-electron chi connectivity index (χ3n) is 5.34. The molecule has 0 fully saturated rings. The molecule has 142 valence electrons. The molecule has 0 aliphatic carbocycles. The average Bonchev–Trinajstić information content (AvgIpc) is 3.00. The zero-order chi connectivity index (χ0) is 19.6. The van der Waals surface area contributed by atoms with E-state index >= 15 is 0 Å². The molecule has 0 unspecified atom stereocenters. The molecular weight excluding hydrogens is 334 g/mol. The summed E-state index contributed by atoms with van der Waals surface area (Å²) in [6.07, 6.45) is 0. The number of fused-ring (bicyclic) bond motifs is 1. The van der Waals surface area contributed by atoms with Gasteiger partial charge in [-0.25, -0.2) is 0 Å². The lowest BCUT2D eigenvalue weighted by atomic mass is 9.81. The van der Waals surface area contributed by atoms with Crippen LogP contribution in [0.4, 0.5) is 11.4 Å². The molecule has 0 aliphatic rings. The second-order valence-corrected chi connectivity index (χ2v) is 7.47. The Kier molecular flexibility index (Phi) is 5.26. The highest BCUT2D eigenvalue weighted by atomic mass is 16.2. The number of hydrogen-bond acceptors (Lipinski definition) is 2. The van der Waals surface area contributed by atoms with Crippen LogP contribution < -0.4 is 10.2 Å². The van der Waals surface area contributed by atoms with Gasteiger partial charge in [-0.2, -0.15) is 0 Å². The second-order valence-electron chi connectivity index (χ2n) is 7.47. The van der Waals surface area contributed by atoms with Crippen molar-refractivity contribution in [2.75, 3.05) is 23.3 Å². The number of para-hydroxylation sites is 1. The van der Waals surface area contributed by atoms with E-state index in [1.54, 1.807) is 0 Å². The highest BCUT2D eigenvalue weighted by Crippen LogP contribution is 2.34. The highest BCUT2D eigenvalue weighted by molar-refractivity contribution is 6.02. The first-order valence-electron chi connectivity index (χ1n) is 9.62. The number of amides is 1. The number of hydrogen-bond donors (Lipinski definition) is 2. The predicted molar refractivity (Wildman–Crippen MR) is 115 cm³/mol. The van der Waals surface area contributed by atoms with Crippen LogP contribution in [-0.4, -0.2) is 24.0 Å². The fourth-order valence-electron chi connectivity index (χ4n) is 3.83. The van der Waals surface area contributed by atoms with Crippen molar-refractivity contribution in [2.45, 2.75) is 40.0 Å². The van der Waals surface area contributed by atoms with Crippen molar-refractivity contribution in [3.63, 3.8) is 0 Å². The fraction of sp³-hybridized carbons (Fsp3) is 0.348. The average molecular weight is 364 g/mol. The molecule has 0 spiro atoms. The maximum absolute atomic E-state index is 13.1. The van der Waals surface area contributed by atoms with Crippen molar-refractivity contribution in [2.24, 2.45) is 0 Å². The van der Waals surface area contributed by atoms with Crippen molar-refractivity contribution >= 4 is 28.2 Å². The number of carbonyl (C=O) groups excluding carboxylic acids is 1. The number of benzene rings is 2. The van der Waals surface area contributed by atoms with Gasteiger partial charge < -0.3 is 15.2 Å². The summed E-state index contributed by atoms with van der Waals surface area (Å²) < 4.78 is 0. The Labute approximate surface area is 161 Å². The lowest BCUT2D eigenvalue weighted by Crippen LogP contribution is -2.35. The Morgan fingerprint density at radius 2 is 1.67 bits per heavy atom. The van der Waals surface area contributed by atoms with Gasteiger partial charge in [-0.1, -0.05) is 18.2 Å². The van der Waals surface area contributed by atoms with E-state index in [0.717, 1.165) is 40.9 Å². The highest BCUT2D eigenvalue weighted by Gasteiger charge is 2.34. The van der Waals surface area contributed by atoms with E-state index in [-0.39, 0.29) is 5.91 Å². The fourth-order valence-corrected chi connectivity index (χ4v) is 3.83. The molecule has 0 saturated heterocycles. The largest absolute Gasteiger partial charge is 0.372 e. The van der Waals surface area contributed by atoms with Gasteiger partial charge in [0.15, 0.2) is 0 Å². The van der Waals surface area contributed by atoms with Crippen molar-refractivity contribution in [3.8, 4) is 0 Å². The summed E-state index contributed by atoms with van der Waals surface area (Å²) in [5.41, 5.74) is 4.49. The summed E-state index contributed by atoms with van der Waals surface area (Å²) in [6, 6.07) is 16.2. The number of carbonyl (C=O) groups is 1. The Hall–Kier alpha value is -2.75. The number of aromatic nitrogens is 1. The third-order valence-corrected chi connectivity index (χ3v) is 5.34. The molecule has 0 atom stereocenters. The Balaban J connectivity index is 1.85. The number of aromatic amines is 1. The van der Waals surface area contributed by atoms with E-state index in [9.17, 15) is 4.79 Å². The molecule has 2 N–H and O–H groups in total. The lowest BCUT2D eigenvalue weighted by molar-refractivity contribution is -0.120. The number of nitrogens with one attached hydrogen (secondary N) is 2. The molecule has 0 saturated carbocycles. The smallest absolute Gasteiger partial charge is 0.234 e. The summed E-state index contributed by atoms with van der Waals surface area (Å²) in [7, 11) is 0. The first kappa shape index (κ1) is 19.0. The van der Waals surface area contributed by atoms with E-state index in [2.05, 4.69) is 47.2 Å². The SMILES string of the molecule is CCN(CC)c1ccc(NC(=O)C(C)(C)c2c(C)[nH]c3ccccc23)cc1. The van der Waals surface area contributed by atoms with Crippen molar-refractivity contribution in [1.82, 2.24) is 4.98 Å². The standard InChI is InChI=1S/C23H29N3O/c1-6-26(7-2)18-14-12-17(13-15-18)25-22(27)23(4,5)21-16(3)24-20-11-9-8-10-19(20)21/h8-15,24H,6-7H2,1-5H3,(H,25,27). The summed E-state index contributed by atoms with van der Waals surface area (Å²) >= 11 is 0. The molecule has 0 bridgehead atoms. The van der Waals surface area contributed by atoms with E-state index in [4.69, 9.17) is 0 Å². The van der Waals surface area contributed by atoms with Gasteiger partial charge in [0.2, 0.25) is 5.91 Å². The van der Waals surface area contributed by atoms with E-state index < -0.39 is 5.41 Å². The Morgan fingerprint density at radius 3 is 2.30 bits per heavy atom. The molecular formula is C23H29N3O. The molecule has 3 rings (SSSR count). The van der Waals surface area contributed by atoms with Crippen LogP contribution in [0.2, 0.25) is 0 Å². The lowest BCUT2D eigenvalue weighted by Gasteiger charge is -2.25. The summed E-state index contributed by atoms with van der Waals surface area (Å²) in [4.78, 5) is 18.8. The van der Waals surface area contributed by atoms with Crippen LogP contribution in [-0.2, 0) is 10.2 Å². The van der Waals surface area contributed by atoms with Crippen LogP contribution in [0.15, 0.2) is 48.5 Å². The monoisotopic (exact) mass is 363 g/mol. The van der Waals surface area contributed by atoms with Crippen LogP contribution in [0.5, 0.6) is 0 Å². The van der Waals surface area contributed by atoms with E-state index in [0.29, 0.717) is 0 Å². The van der Waals surface area contributed by atoms with Gasteiger partial charge in [0.25, 0.3) is 0 Å². The predicted octanol–water partition coefficient (Wildman–Crippen LogP) is 5.24. The maximum Gasteiger partial charge on any atom is 0.234 e. The number of aryl methyl sites for hydroxylation is 1. The number of anilines is 2. The zero-order valence-electron chi connectivity index (χ0n) is 16.9. The van der Waals surface area contributed by atoms with Gasteiger partial charge in [0.05, 0.1) is 5.41 Å². The van der Waals surface area contributed by atoms with Gasteiger partial charge in [-0.05, 0) is 70.5 Å². The van der Waals surface area contributed by atoms with E-state index in [1.165, 1.54) is 5.69 Å². The quantitative estimate of drug-likeness (QED) is 0.629. The molecule has 1 heterocycles. The molecule has 4 nitrogen and oxygen atoms in total. The molecule has 27 heavy (non-hydrogen) atoms. The first-order valence-corrected chi connectivity index (χ1v) is 9.62. The molecule has 0 radical (unpaired) electrons. The minimum atomic E-state index is -0.652. The van der Waals surface area contributed by atoms with Crippen LogP contribution in [0.3, 0.4) is 0 Å². The Morgan fingerprint density at radius 1 is 1.04 bits per heavy atom. The van der Waals surface area contributed by atoms with Gasteiger partial charge in [0, 0.05) is 41.1 Å². The number of H-pyrrole nitrogens is 1. The van der Waals surface area contributed by atoms with Crippen molar-refractivity contribution < 1.29 is 4.79 Å². The number of nitrogens with zero attached hydrogens (tertiary/aromatic N) is 1. The topological polar surface area (TPSA) is 48.1 Å². The minimum absolute atomic E-state index is 0.00839. The van der Waals surface area contributed by atoms with Crippen LogP contribution in [0, 0.1) is 6.92 Å². The van der Waals surface area contributed by atoms with Crippen LogP contribution >= 0.6 is 0 Å². The molecule has 1 aromatic heterocycles. The van der Waals surface area contributed by atoms with Gasteiger partial charge >= 0.3 is 0 Å². The van der Waals surface area contributed by atoms with Crippen LogP contribution in [0.1, 0.15) is 39.0 Å². The van der Waals surface area contributed by atoms with E-state index in [1.807, 2.05) is 51.1 Å². The van der Waals surface area contributed by atoms with Crippen molar-refractivity contribution in [3.05, 3.63) is 59.8 Å². The van der Waals surface area contributed by atoms with Crippen molar-refractivity contribution in [1.29, 1.82) is 0 Å². The third kappa shape index (κ3) is 3.57. The Bertz CT molecular complexity index is 934. The summed E-state index contributed by atoms with van der Waals surface area (Å²) in [6.45, 7) is 12.2. The first-order chi connectivity index (χ1) is 12.9. The normalized spacial score (nSPS) is 11.6. The summed E-state index contributed by atoms with van der Waals surface area (Å²) in [5, 5.41) is 4.20. The summed E-state index contributed by atoms with van der Waals surface area (Å²) in [5.74, 6) is -0.00839. The van der Waals surface area contributed by atoms with Crippen LogP contribution in [0.25, 0.3) is 10.9 Å². The minimum Gasteiger partial charge on any atom is -0.372 e. The molecule has 0 aliphatic heterocycles. The van der Waals surface area contributed by atoms with Gasteiger partial charge in [0.1, 0.15) is 0 Å².